The van der Waals surface area contributed by atoms with Gasteiger partial charge in [-0.25, -0.2) is 0 Å². The number of allylic oxidation sites excluding steroid dienone is 1. The third kappa shape index (κ3) is 1.88. The molecule has 0 radical (unpaired) electrons. The van der Waals surface area contributed by atoms with Gasteiger partial charge in [-0.15, -0.1) is 17.0 Å². The molecule has 90 valence electrons. The van der Waals surface area contributed by atoms with Crippen molar-refractivity contribution in [2.45, 2.75) is 6.42 Å². The molecule has 0 bridgehead atoms. The number of hydrogen-bond acceptors (Lipinski definition) is 3. The van der Waals surface area contributed by atoms with Crippen molar-refractivity contribution in [1.82, 2.24) is 4.90 Å². The molecule has 0 amide bonds. The normalized spacial score (nSPS) is 19.4. The molecule has 0 atom stereocenters. The van der Waals surface area contributed by atoms with Gasteiger partial charge in [0, 0.05) is 35.2 Å². The van der Waals surface area contributed by atoms with Crippen LogP contribution in [0.15, 0.2) is 34.3 Å². The molecule has 0 unspecified atom stereocenters. The first-order valence-corrected chi connectivity index (χ1v) is 6.25. The first kappa shape index (κ1) is 12.9. The highest BCUT2D eigenvalue weighted by Gasteiger charge is 2.32. The molecular formula is C12H12BrClN2S. The average molecular weight is 332 g/mol. The number of halogens is 2. The molecule has 0 fully saturated rings. The van der Waals surface area contributed by atoms with E-state index in [2.05, 4.69) is 24.1 Å². The minimum absolute atomic E-state index is 0. The lowest BCUT2D eigenvalue weighted by Gasteiger charge is -2.17. The van der Waals surface area contributed by atoms with Gasteiger partial charge >= 0.3 is 0 Å². The maximum atomic E-state index is 6.00. The number of fused-ring (bicyclic) bond motifs is 2. The number of nitrogens with two attached hydrogens (primary N) is 1. The van der Waals surface area contributed by atoms with Gasteiger partial charge in [0.25, 0.3) is 0 Å². The lowest BCUT2D eigenvalue weighted by Crippen LogP contribution is -2.11. The number of benzene rings is 1. The van der Waals surface area contributed by atoms with E-state index < -0.39 is 0 Å². The Morgan fingerprint density at radius 3 is 2.94 bits per heavy atom. The van der Waals surface area contributed by atoms with Crippen LogP contribution in [0.5, 0.6) is 0 Å². The molecule has 0 aromatic heterocycles. The SMILES string of the molecule is Br.CN1C2=C(Cc3cc(Cl)ccc32)S/C1=C\N. The lowest BCUT2D eigenvalue weighted by atomic mass is 10.1. The third-order valence-electron chi connectivity index (χ3n) is 2.97. The van der Waals surface area contributed by atoms with E-state index in [-0.39, 0.29) is 17.0 Å². The van der Waals surface area contributed by atoms with E-state index in [1.54, 1.807) is 18.0 Å². The molecule has 3 rings (SSSR count). The van der Waals surface area contributed by atoms with Crippen LogP contribution in [0.1, 0.15) is 11.1 Å². The summed E-state index contributed by atoms with van der Waals surface area (Å²) >= 11 is 7.75. The quantitative estimate of drug-likeness (QED) is 0.788. The fourth-order valence-corrected chi connectivity index (χ4v) is 3.56. The van der Waals surface area contributed by atoms with E-state index in [9.17, 15) is 0 Å². The maximum Gasteiger partial charge on any atom is 0.0953 e. The predicted octanol–water partition coefficient (Wildman–Crippen LogP) is 3.58. The molecule has 1 aromatic carbocycles. The highest BCUT2D eigenvalue weighted by Crippen LogP contribution is 2.50. The van der Waals surface area contributed by atoms with Gasteiger partial charge in [-0.3, -0.25) is 0 Å². The van der Waals surface area contributed by atoms with Crippen molar-refractivity contribution in [1.29, 1.82) is 0 Å². The topological polar surface area (TPSA) is 29.3 Å². The van der Waals surface area contributed by atoms with E-state index in [1.165, 1.54) is 21.7 Å². The summed E-state index contributed by atoms with van der Waals surface area (Å²) in [5.74, 6) is 0. The lowest BCUT2D eigenvalue weighted by molar-refractivity contribution is 0.646. The molecule has 1 aliphatic heterocycles. The Kier molecular flexibility index (Phi) is 3.48. The van der Waals surface area contributed by atoms with Gasteiger partial charge < -0.3 is 10.6 Å². The summed E-state index contributed by atoms with van der Waals surface area (Å²) < 4.78 is 0. The monoisotopic (exact) mass is 330 g/mol. The predicted molar refractivity (Wildman–Crippen MR) is 80.0 cm³/mol. The molecule has 2 nitrogen and oxygen atoms in total. The molecule has 2 aliphatic rings. The van der Waals surface area contributed by atoms with Gasteiger partial charge in [0.15, 0.2) is 0 Å². The summed E-state index contributed by atoms with van der Waals surface area (Å²) in [7, 11) is 2.05. The molecule has 0 saturated carbocycles. The van der Waals surface area contributed by atoms with Crippen LogP contribution < -0.4 is 5.73 Å². The Balaban J connectivity index is 0.00000108. The standard InChI is InChI=1S/C12H11ClN2S.BrH/c1-15-11(6-14)16-10-5-7-4-8(13)2-3-9(7)12(10)15;/h2-4,6H,5,14H2,1H3;1H/b11-6-;. The first-order valence-electron chi connectivity index (χ1n) is 5.06. The third-order valence-corrected chi connectivity index (χ3v) is 4.41. The number of thioether (sulfide) groups is 1. The molecule has 1 heterocycles. The van der Waals surface area contributed by atoms with Gasteiger partial charge in [-0.2, -0.15) is 0 Å². The Morgan fingerprint density at radius 2 is 2.24 bits per heavy atom. The van der Waals surface area contributed by atoms with Crippen molar-refractivity contribution in [3.05, 3.63) is 50.5 Å². The molecule has 1 aromatic rings. The Labute approximate surface area is 120 Å². The van der Waals surface area contributed by atoms with Crippen LogP contribution in [0.4, 0.5) is 0 Å². The molecular weight excluding hydrogens is 320 g/mol. The van der Waals surface area contributed by atoms with Crippen LogP contribution in [0.2, 0.25) is 5.02 Å². The van der Waals surface area contributed by atoms with E-state index in [0.29, 0.717) is 0 Å². The van der Waals surface area contributed by atoms with Gasteiger partial charge in [-0.1, -0.05) is 29.4 Å². The molecule has 17 heavy (non-hydrogen) atoms. The minimum Gasteiger partial charge on any atom is -0.402 e. The van der Waals surface area contributed by atoms with Crippen LogP contribution in [0.25, 0.3) is 5.70 Å². The number of rotatable bonds is 0. The fraction of sp³-hybridized carbons (Fsp3) is 0.167. The summed E-state index contributed by atoms with van der Waals surface area (Å²) in [6.07, 6.45) is 2.64. The highest BCUT2D eigenvalue weighted by molar-refractivity contribution is 8.93. The van der Waals surface area contributed by atoms with Crippen LogP contribution >= 0.6 is 40.3 Å². The summed E-state index contributed by atoms with van der Waals surface area (Å²) in [6.45, 7) is 0. The van der Waals surface area contributed by atoms with Gasteiger partial charge in [0.1, 0.15) is 0 Å². The zero-order valence-corrected chi connectivity index (χ0v) is 12.5. The van der Waals surface area contributed by atoms with E-state index >= 15 is 0 Å². The van der Waals surface area contributed by atoms with Gasteiger partial charge in [-0.05, 0) is 17.7 Å². The Hall–Kier alpha value is -0.580. The molecule has 0 saturated heterocycles. The fourth-order valence-electron chi connectivity index (χ4n) is 2.25. The summed E-state index contributed by atoms with van der Waals surface area (Å²) in [5.41, 5.74) is 9.48. The second kappa shape index (κ2) is 4.59. The Morgan fingerprint density at radius 1 is 1.47 bits per heavy atom. The van der Waals surface area contributed by atoms with E-state index in [1.807, 2.05) is 6.07 Å². The summed E-state index contributed by atoms with van der Waals surface area (Å²) in [6, 6.07) is 6.09. The second-order valence-electron chi connectivity index (χ2n) is 3.92. The van der Waals surface area contributed by atoms with Gasteiger partial charge in [0.05, 0.1) is 10.7 Å². The second-order valence-corrected chi connectivity index (χ2v) is 5.47. The minimum atomic E-state index is 0. The van der Waals surface area contributed by atoms with Crippen molar-refractivity contribution in [3.8, 4) is 0 Å². The summed E-state index contributed by atoms with van der Waals surface area (Å²) in [5, 5.41) is 1.91. The molecule has 5 heteroatoms. The maximum absolute atomic E-state index is 6.00. The smallest absolute Gasteiger partial charge is 0.0953 e. The van der Waals surface area contributed by atoms with Crippen molar-refractivity contribution in [2.24, 2.45) is 5.73 Å². The van der Waals surface area contributed by atoms with E-state index in [4.69, 9.17) is 17.3 Å². The molecule has 0 spiro atoms. The van der Waals surface area contributed by atoms with Gasteiger partial charge in [0.2, 0.25) is 0 Å². The molecule has 2 N–H and O–H groups in total. The van der Waals surface area contributed by atoms with Crippen LogP contribution in [0, 0.1) is 0 Å². The van der Waals surface area contributed by atoms with Crippen LogP contribution in [-0.4, -0.2) is 11.9 Å². The highest BCUT2D eigenvalue weighted by atomic mass is 79.9. The zero-order valence-electron chi connectivity index (χ0n) is 9.24. The average Bonchev–Trinajstić information content (AvgIpc) is 2.75. The van der Waals surface area contributed by atoms with Crippen LogP contribution in [0.3, 0.4) is 0 Å². The van der Waals surface area contributed by atoms with Crippen molar-refractivity contribution in [3.63, 3.8) is 0 Å². The number of nitrogens with zero attached hydrogens (tertiary/aromatic N) is 1. The van der Waals surface area contributed by atoms with Crippen molar-refractivity contribution < 1.29 is 0 Å². The summed E-state index contributed by atoms with van der Waals surface area (Å²) in [4.78, 5) is 3.52. The van der Waals surface area contributed by atoms with Crippen LogP contribution in [-0.2, 0) is 6.42 Å². The largest absolute Gasteiger partial charge is 0.402 e. The van der Waals surface area contributed by atoms with E-state index in [0.717, 1.165) is 16.5 Å². The Bertz CT molecular complexity index is 539. The first-order chi connectivity index (χ1) is 7.70. The zero-order chi connectivity index (χ0) is 11.3. The van der Waals surface area contributed by atoms with Crippen molar-refractivity contribution >= 4 is 46.0 Å². The number of hydrogen-bond donors (Lipinski definition) is 1. The van der Waals surface area contributed by atoms with Crippen molar-refractivity contribution in [2.75, 3.05) is 7.05 Å². The molecule has 1 aliphatic carbocycles.